The minimum Gasteiger partial charge on any atom is -0.448 e. The molecule has 24 heavy (non-hydrogen) atoms. The molecule has 140 valence electrons. The highest BCUT2D eigenvalue weighted by Crippen LogP contribution is 2.22. The molecular formula is C12H20O11S. The molecule has 0 aromatic carbocycles. The van der Waals surface area contributed by atoms with Crippen molar-refractivity contribution in [3.05, 3.63) is 0 Å². The van der Waals surface area contributed by atoms with E-state index in [1.54, 1.807) is 0 Å². The van der Waals surface area contributed by atoms with Gasteiger partial charge in [0.15, 0.2) is 0 Å². The largest absolute Gasteiger partial charge is 0.448 e. The van der Waals surface area contributed by atoms with Gasteiger partial charge in [0, 0.05) is 0 Å². The molecule has 12 heteroatoms. The first-order valence-corrected chi connectivity index (χ1v) is 7.26. The fraction of sp³-hybridized carbons (Fsp3) is 0.833. The molecule has 0 aromatic heterocycles. The number of aliphatic hydroxyl groups excluding tert-OH is 8. The lowest BCUT2D eigenvalue weighted by molar-refractivity contribution is -0.280. The summed E-state index contributed by atoms with van der Waals surface area (Å²) in [4.78, 5) is 11.8. The van der Waals surface area contributed by atoms with Crippen LogP contribution in [0.2, 0.25) is 0 Å². The van der Waals surface area contributed by atoms with E-state index in [2.05, 4.69) is 12.2 Å². The SMILES string of the molecule is O=C(C(=S)O[C@@H]1O[C@H](CO)[C@@H](O)[C@H](O)[C@H]1O)[C@@H](O)[C@H](O)[C@H](O)CO. The maximum atomic E-state index is 11.8. The molecule has 0 amide bonds. The number of aliphatic hydroxyl groups is 8. The zero-order chi connectivity index (χ0) is 18.6. The summed E-state index contributed by atoms with van der Waals surface area (Å²) < 4.78 is 9.77. The van der Waals surface area contributed by atoms with Crippen molar-refractivity contribution in [2.24, 2.45) is 0 Å². The minimum atomic E-state index is -2.22. The lowest BCUT2D eigenvalue weighted by Gasteiger charge is -2.39. The van der Waals surface area contributed by atoms with Crippen molar-refractivity contribution in [1.82, 2.24) is 0 Å². The van der Waals surface area contributed by atoms with Crippen LogP contribution in [0.5, 0.6) is 0 Å². The lowest BCUT2D eigenvalue weighted by atomic mass is 9.99. The predicted molar refractivity (Wildman–Crippen MR) is 77.6 cm³/mol. The molecule has 1 aliphatic rings. The van der Waals surface area contributed by atoms with Crippen LogP contribution in [0.4, 0.5) is 0 Å². The van der Waals surface area contributed by atoms with Gasteiger partial charge in [0.05, 0.1) is 13.2 Å². The van der Waals surface area contributed by atoms with E-state index < -0.39 is 73.1 Å². The fourth-order valence-corrected chi connectivity index (χ4v) is 2.14. The van der Waals surface area contributed by atoms with Crippen LogP contribution in [-0.2, 0) is 14.3 Å². The number of hydrogen-bond acceptors (Lipinski definition) is 12. The van der Waals surface area contributed by atoms with E-state index in [4.69, 9.17) is 19.7 Å². The zero-order valence-electron chi connectivity index (χ0n) is 12.2. The van der Waals surface area contributed by atoms with E-state index in [-0.39, 0.29) is 0 Å². The second-order valence-corrected chi connectivity index (χ2v) is 5.52. The van der Waals surface area contributed by atoms with Crippen LogP contribution in [0, 0.1) is 0 Å². The van der Waals surface area contributed by atoms with Crippen molar-refractivity contribution >= 4 is 23.1 Å². The molecule has 0 spiro atoms. The smallest absolute Gasteiger partial charge is 0.240 e. The standard InChI is InChI=1S/C12H20O11S/c13-1-3(15)5(16)7(18)10(21)12(24)23-11-9(20)8(19)6(17)4(2-14)22-11/h3-9,11,13-20H,1-2H2/t3-,4-,5-,6-,7+,8+,9-,11+/m1/s1. The number of rotatable bonds is 7. The third kappa shape index (κ3) is 4.64. The third-order valence-corrected chi connectivity index (χ3v) is 3.74. The van der Waals surface area contributed by atoms with Gasteiger partial charge in [-0.2, -0.15) is 0 Å². The number of ether oxygens (including phenoxy) is 2. The van der Waals surface area contributed by atoms with Gasteiger partial charge in [0.2, 0.25) is 17.1 Å². The summed E-state index contributed by atoms with van der Waals surface area (Å²) in [5, 5.41) is 73.8. The molecule has 1 heterocycles. The van der Waals surface area contributed by atoms with Gasteiger partial charge < -0.3 is 50.3 Å². The highest BCUT2D eigenvalue weighted by molar-refractivity contribution is 7.81. The second kappa shape index (κ2) is 9.05. The van der Waals surface area contributed by atoms with Crippen LogP contribution in [-0.4, -0.2) is 114 Å². The number of Topliss-reactive ketones (excluding diaryl/α,β-unsaturated/α-hetero) is 1. The highest BCUT2D eigenvalue weighted by atomic mass is 32.1. The summed E-state index contributed by atoms with van der Waals surface area (Å²) in [5.41, 5.74) is 0. The van der Waals surface area contributed by atoms with E-state index in [9.17, 15) is 35.4 Å². The Labute approximate surface area is 141 Å². The summed E-state index contributed by atoms with van der Waals surface area (Å²) in [6.45, 7) is -1.65. The van der Waals surface area contributed by atoms with Crippen molar-refractivity contribution in [1.29, 1.82) is 0 Å². The van der Waals surface area contributed by atoms with Gasteiger partial charge in [-0.3, -0.25) is 4.79 Å². The van der Waals surface area contributed by atoms with Crippen LogP contribution in [0.3, 0.4) is 0 Å². The summed E-state index contributed by atoms with van der Waals surface area (Å²) >= 11 is 4.59. The van der Waals surface area contributed by atoms with E-state index in [1.807, 2.05) is 0 Å². The summed E-state index contributed by atoms with van der Waals surface area (Å²) in [6.07, 6.45) is -14.3. The summed E-state index contributed by atoms with van der Waals surface area (Å²) in [6, 6.07) is 0. The van der Waals surface area contributed by atoms with Gasteiger partial charge in [0.25, 0.3) is 0 Å². The van der Waals surface area contributed by atoms with Crippen molar-refractivity contribution in [3.8, 4) is 0 Å². The minimum absolute atomic E-state index is 0.727. The maximum absolute atomic E-state index is 11.8. The Kier molecular flexibility index (Phi) is 8.01. The molecule has 0 saturated carbocycles. The van der Waals surface area contributed by atoms with E-state index >= 15 is 0 Å². The van der Waals surface area contributed by atoms with Crippen molar-refractivity contribution < 1.29 is 55.1 Å². The predicted octanol–water partition coefficient (Wildman–Crippen LogP) is -5.23. The molecule has 0 bridgehead atoms. The van der Waals surface area contributed by atoms with Gasteiger partial charge in [0.1, 0.15) is 42.7 Å². The molecule has 11 nitrogen and oxygen atoms in total. The van der Waals surface area contributed by atoms with E-state index in [0.29, 0.717) is 0 Å². The van der Waals surface area contributed by atoms with Gasteiger partial charge in [-0.25, -0.2) is 0 Å². The summed E-state index contributed by atoms with van der Waals surface area (Å²) in [7, 11) is 0. The van der Waals surface area contributed by atoms with E-state index in [0.717, 1.165) is 0 Å². The van der Waals surface area contributed by atoms with E-state index in [1.165, 1.54) is 0 Å². The first-order valence-electron chi connectivity index (χ1n) is 6.86. The fourth-order valence-electron chi connectivity index (χ4n) is 1.92. The normalized spacial score (nSPS) is 34.2. The number of hydrogen-bond donors (Lipinski definition) is 8. The monoisotopic (exact) mass is 372 g/mol. The van der Waals surface area contributed by atoms with Crippen LogP contribution >= 0.6 is 12.2 Å². The molecule has 1 saturated heterocycles. The Morgan fingerprint density at radius 1 is 1.08 bits per heavy atom. The first kappa shape index (κ1) is 21.2. The van der Waals surface area contributed by atoms with Crippen molar-refractivity contribution in [2.45, 2.75) is 49.0 Å². The first-order chi connectivity index (χ1) is 11.1. The molecule has 0 aliphatic carbocycles. The average Bonchev–Trinajstić information content (AvgIpc) is 2.59. The molecule has 1 fully saturated rings. The zero-order valence-corrected chi connectivity index (χ0v) is 13.1. The molecule has 0 aromatic rings. The average molecular weight is 372 g/mol. The number of thiocarbonyl (C=S) groups is 1. The van der Waals surface area contributed by atoms with Crippen LogP contribution in [0.25, 0.3) is 0 Å². The van der Waals surface area contributed by atoms with Crippen LogP contribution in [0.1, 0.15) is 0 Å². The molecular weight excluding hydrogens is 352 g/mol. The molecule has 0 unspecified atom stereocenters. The number of carbonyl (C=O) groups is 1. The van der Waals surface area contributed by atoms with Gasteiger partial charge in [-0.1, -0.05) is 0 Å². The molecule has 0 radical (unpaired) electrons. The Hall–Kier alpha value is -0.800. The van der Waals surface area contributed by atoms with Crippen molar-refractivity contribution in [2.75, 3.05) is 13.2 Å². The Morgan fingerprint density at radius 3 is 2.17 bits per heavy atom. The molecule has 1 aliphatic heterocycles. The van der Waals surface area contributed by atoms with Crippen molar-refractivity contribution in [3.63, 3.8) is 0 Å². The number of ketones is 1. The Balaban J connectivity index is 2.73. The quantitative estimate of drug-likeness (QED) is 0.198. The number of carbonyl (C=O) groups excluding carboxylic acids is 1. The molecule has 1 rings (SSSR count). The third-order valence-electron chi connectivity index (χ3n) is 3.45. The highest BCUT2D eigenvalue weighted by Gasteiger charge is 2.45. The van der Waals surface area contributed by atoms with Gasteiger partial charge in [-0.15, -0.1) is 0 Å². The molecule has 8 N–H and O–H groups in total. The molecule has 8 atom stereocenters. The second-order valence-electron chi connectivity index (χ2n) is 5.15. The Morgan fingerprint density at radius 2 is 1.67 bits per heavy atom. The maximum Gasteiger partial charge on any atom is 0.240 e. The van der Waals surface area contributed by atoms with Crippen LogP contribution in [0.15, 0.2) is 0 Å². The topological polar surface area (TPSA) is 197 Å². The van der Waals surface area contributed by atoms with Gasteiger partial charge >= 0.3 is 0 Å². The van der Waals surface area contributed by atoms with Gasteiger partial charge in [-0.05, 0) is 12.2 Å². The summed E-state index contributed by atoms with van der Waals surface area (Å²) in [5.74, 6) is -1.35. The van der Waals surface area contributed by atoms with Crippen LogP contribution < -0.4 is 0 Å². The Bertz CT molecular complexity index is 445. The lowest BCUT2D eigenvalue weighted by Crippen LogP contribution is -2.60.